The van der Waals surface area contributed by atoms with Gasteiger partial charge in [-0.2, -0.15) is 0 Å². The van der Waals surface area contributed by atoms with Crippen LogP contribution in [0.5, 0.6) is 0 Å². The maximum Gasteiger partial charge on any atom is 0.306 e. The molecule has 0 unspecified atom stereocenters. The summed E-state index contributed by atoms with van der Waals surface area (Å²) in [5.41, 5.74) is 5.86. The van der Waals surface area contributed by atoms with Crippen LogP contribution in [0.15, 0.2) is 11.9 Å². The highest BCUT2D eigenvalue weighted by Crippen LogP contribution is 2.29. The molecule has 0 bridgehead atoms. The van der Waals surface area contributed by atoms with E-state index in [4.69, 9.17) is 10.8 Å². The number of carbonyl (C=O) groups is 1. The number of rotatable bonds is 1. The predicted octanol–water partition coefficient (Wildman–Crippen LogP) is 0.662. The Kier molecular flexibility index (Phi) is 2.24. The van der Waals surface area contributed by atoms with Crippen molar-refractivity contribution in [3.63, 3.8) is 0 Å². The molecule has 1 fully saturated rings. The average Bonchev–Trinajstić information content (AvgIpc) is 2.31. The van der Waals surface area contributed by atoms with E-state index in [1.165, 1.54) is 0 Å². The number of carboxylic acids is 1. The molecule has 0 aromatic rings. The van der Waals surface area contributed by atoms with Gasteiger partial charge in [0.25, 0.3) is 0 Å². The Morgan fingerprint density at radius 3 is 2.73 bits per heavy atom. The Morgan fingerprint density at radius 1 is 1.82 bits per heavy atom. The van der Waals surface area contributed by atoms with Crippen LogP contribution in [0.1, 0.15) is 12.8 Å². The van der Waals surface area contributed by atoms with Gasteiger partial charge in [0.1, 0.15) is 0 Å². The van der Waals surface area contributed by atoms with Crippen molar-refractivity contribution in [3.8, 4) is 0 Å². The van der Waals surface area contributed by atoms with Crippen molar-refractivity contribution in [2.75, 3.05) is 0 Å². The fourth-order valence-corrected chi connectivity index (χ4v) is 1.29. The lowest BCUT2D eigenvalue weighted by molar-refractivity contribution is -0.141. The van der Waals surface area contributed by atoms with E-state index in [0.29, 0.717) is 18.3 Å². The predicted molar refractivity (Wildman–Crippen MR) is 37.5 cm³/mol. The van der Waals surface area contributed by atoms with Crippen LogP contribution in [0.3, 0.4) is 0 Å². The van der Waals surface area contributed by atoms with E-state index in [1.807, 2.05) is 0 Å². The first-order valence-electron chi connectivity index (χ1n) is 3.42. The second-order valence-electron chi connectivity index (χ2n) is 2.77. The fraction of sp³-hybridized carbons (Fsp3) is 0.571. The molecule has 3 N–H and O–H groups in total. The summed E-state index contributed by atoms with van der Waals surface area (Å²) in [6.45, 7) is 0. The molecule has 1 rings (SSSR count). The van der Waals surface area contributed by atoms with Crippen molar-refractivity contribution in [2.45, 2.75) is 18.9 Å². The van der Waals surface area contributed by atoms with Crippen LogP contribution in [0.25, 0.3) is 0 Å². The molecule has 1 saturated carbocycles. The van der Waals surface area contributed by atoms with E-state index in [2.05, 4.69) is 0 Å². The fourth-order valence-electron chi connectivity index (χ4n) is 1.29. The summed E-state index contributed by atoms with van der Waals surface area (Å²) in [5, 5.41) is 8.54. The zero-order valence-corrected chi connectivity index (χ0v) is 5.96. The van der Waals surface area contributed by atoms with Gasteiger partial charge in [-0.25, -0.2) is 4.39 Å². The van der Waals surface area contributed by atoms with E-state index in [0.717, 1.165) is 0 Å². The summed E-state index contributed by atoms with van der Waals surface area (Å²) in [7, 11) is 0. The van der Waals surface area contributed by atoms with Crippen molar-refractivity contribution >= 4 is 5.97 Å². The Balaban J connectivity index is 2.64. The maximum absolute atomic E-state index is 12.0. The Morgan fingerprint density at radius 2 is 2.45 bits per heavy atom. The summed E-state index contributed by atoms with van der Waals surface area (Å²) < 4.78 is 12.0. The molecule has 1 aliphatic rings. The first kappa shape index (κ1) is 8.20. The highest BCUT2D eigenvalue weighted by atomic mass is 19.1. The highest BCUT2D eigenvalue weighted by molar-refractivity contribution is 5.71. The normalized spacial score (nSPS) is 34.5. The van der Waals surface area contributed by atoms with Crippen molar-refractivity contribution in [2.24, 2.45) is 11.7 Å². The van der Waals surface area contributed by atoms with Crippen LogP contribution in [-0.4, -0.2) is 17.1 Å². The van der Waals surface area contributed by atoms with Crippen molar-refractivity contribution < 1.29 is 14.3 Å². The molecule has 0 heterocycles. The molecule has 0 radical (unpaired) electrons. The number of nitrogens with two attached hydrogens (primary N) is 1. The summed E-state index contributed by atoms with van der Waals surface area (Å²) in [4.78, 5) is 10.4. The lowest BCUT2D eigenvalue weighted by atomic mass is 10.1. The van der Waals surface area contributed by atoms with Gasteiger partial charge in [-0.1, -0.05) is 0 Å². The summed E-state index contributed by atoms with van der Waals surface area (Å²) >= 11 is 0. The molecule has 3 nitrogen and oxygen atoms in total. The summed E-state index contributed by atoms with van der Waals surface area (Å²) in [6, 6.07) is -0.402. The number of carboxylic acid groups (broad SMARTS) is 1. The molecule has 62 valence electrons. The zero-order chi connectivity index (χ0) is 8.43. The van der Waals surface area contributed by atoms with Crippen LogP contribution >= 0.6 is 0 Å². The third kappa shape index (κ3) is 1.57. The minimum Gasteiger partial charge on any atom is -0.481 e. The van der Waals surface area contributed by atoms with Crippen LogP contribution in [-0.2, 0) is 4.79 Å². The van der Waals surface area contributed by atoms with Crippen molar-refractivity contribution in [1.82, 2.24) is 0 Å². The van der Waals surface area contributed by atoms with Gasteiger partial charge in [0.15, 0.2) is 0 Å². The molecule has 0 aromatic carbocycles. The van der Waals surface area contributed by atoms with Crippen LogP contribution in [0.4, 0.5) is 4.39 Å². The molecule has 0 saturated heterocycles. The van der Waals surface area contributed by atoms with E-state index in [1.54, 1.807) is 0 Å². The SMILES string of the molecule is N[C@H]1C[C@@H](C(=O)O)CC1=CF. The largest absolute Gasteiger partial charge is 0.481 e. The van der Waals surface area contributed by atoms with Gasteiger partial charge in [0, 0.05) is 6.04 Å². The highest BCUT2D eigenvalue weighted by Gasteiger charge is 2.31. The number of hydrogen-bond donors (Lipinski definition) is 2. The number of halogens is 1. The van der Waals surface area contributed by atoms with Crippen LogP contribution in [0, 0.1) is 5.92 Å². The van der Waals surface area contributed by atoms with E-state index in [9.17, 15) is 9.18 Å². The van der Waals surface area contributed by atoms with Gasteiger partial charge in [-0.05, 0) is 18.4 Å². The molecule has 4 heteroatoms. The van der Waals surface area contributed by atoms with E-state index in [-0.39, 0.29) is 6.42 Å². The summed E-state index contributed by atoms with van der Waals surface area (Å²) in [5.74, 6) is -1.38. The minimum absolute atomic E-state index is 0.257. The van der Waals surface area contributed by atoms with Crippen LogP contribution in [0.2, 0.25) is 0 Å². The van der Waals surface area contributed by atoms with Gasteiger partial charge in [-0.3, -0.25) is 4.79 Å². The molecule has 0 aliphatic heterocycles. The van der Waals surface area contributed by atoms with Gasteiger partial charge in [0.05, 0.1) is 12.2 Å². The van der Waals surface area contributed by atoms with Gasteiger partial charge >= 0.3 is 5.97 Å². The topological polar surface area (TPSA) is 63.3 Å². The van der Waals surface area contributed by atoms with Gasteiger partial charge in [-0.15, -0.1) is 0 Å². The van der Waals surface area contributed by atoms with E-state index >= 15 is 0 Å². The molecular weight excluding hydrogens is 149 g/mol. The standard InChI is InChI=1S/C7H10FNO2/c8-3-5-1-4(7(10)11)2-6(5)9/h3-4,6H,1-2,9H2,(H,10,11)/t4-,6-/m0/s1. The second-order valence-corrected chi connectivity index (χ2v) is 2.77. The first-order chi connectivity index (χ1) is 5.15. The molecule has 2 atom stereocenters. The summed E-state index contributed by atoms with van der Waals surface area (Å²) in [6.07, 6.45) is 1.03. The lowest BCUT2D eigenvalue weighted by Gasteiger charge is -2.00. The lowest BCUT2D eigenvalue weighted by Crippen LogP contribution is -2.18. The monoisotopic (exact) mass is 159 g/mol. The molecule has 1 aliphatic carbocycles. The van der Waals surface area contributed by atoms with Gasteiger partial charge in [0.2, 0.25) is 0 Å². The number of aliphatic carboxylic acids is 1. The quantitative estimate of drug-likeness (QED) is 0.590. The Labute approximate surface area is 63.7 Å². The van der Waals surface area contributed by atoms with E-state index < -0.39 is 17.9 Å². The third-order valence-corrected chi connectivity index (χ3v) is 1.99. The number of hydrogen-bond acceptors (Lipinski definition) is 2. The van der Waals surface area contributed by atoms with Crippen LogP contribution < -0.4 is 5.73 Å². The molecule has 0 spiro atoms. The first-order valence-corrected chi connectivity index (χ1v) is 3.42. The molecule has 0 amide bonds. The third-order valence-electron chi connectivity index (χ3n) is 1.99. The maximum atomic E-state index is 12.0. The smallest absolute Gasteiger partial charge is 0.306 e. The average molecular weight is 159 g/mol. The van der Waals surface area contributed by atoms with Crippen molar-refractivity contribution in [3.05, 3.63) is 11.9 Å². The molecular formula is C7H10FNO2. The van der Waals surface area contributed by atoms with Gasteiger partial charge < -0.3 is 10.8 Å². The second kappa shape index (κ2) is 3.00. The zero-order valence-electron chi connectivity index (χ0n) is 5.96. The molecule has 0 aromatic heterocycles. The molecule has 11 heavy (non-hydrogen) atoms. The minimum atomic E-state index is -0.891. The van der Waals surface area contributed by atoms with Crippen molar-refractivity contribution in [1.29, 1.82) is 0 Å². The Hall–Kier alpha value is -0.900. The Bertz CT molecular complexity index is 203.